The van der Waals surface area contributed by atoms with E-state index < -0.39 is 0 Å². The first-order valence-electron chi connectivity index (χ1n) is 9.41. The second-order valence-corrected chi connectivity index (χ2v) is 7.87. The maximum atomic E-state index is 12.4. The van der Waals surface area contributed by atoms with E-state index in [0.717, 1.165) is 24.5 Å². The molecular formula is C20H30Cl2N4OS. The number of nitrogens with two attached hydrogens (primary N) is 1. The summed E-state index contributed by atoms with van der Waals surface area (Å²) in [4.78, 5) is 19.3. The Bertz CT molecular complexity index is 741. The smallest absolute Gasteiger partial charge is 0.271 e. The van der Waals surface area contributed by atoms with E-state index in [1.807, 2.05) is 11.4 Å². The highest BCUT2D eigenvalue weighted by molar-refractivity contribution is 7.09. The predicted molar refractivity (Wildman–Crippen MR) is 121 cm³/mol. The second-order valence-electron chi connectivity index (χ2n) is 6.93. The van der Waals surface area contributed by atoms with Crippen LogP contribution in [-0.4, -0.2) is 34.9 Å². The van der Waals surface area contributed by atoms with Crippen molar-refractivity contribution in [1.82, 2.24) is 15.2 Å². The lowest BCUT2D eigenvalue weighted by atomic mass is 10.0. The Balaban J connectivity index is 0.00000196. The topological polar surface area (TPSA) is 71.2 Å². The van der Waals surface area contributed by atoms with Gasteiger partial charge in [0.05, 0.1) is 5.01 Å². The molecule has 156 valence electrons. The number of carbonyl (C=O) groups excluding carboxylic acids is 1. The Morgan fingerprint density at radius 2 is 2.04 bits per heavy atom. The van der Waals surface area contributed by atoms with E-state index in [4.69, 9.17) is 5.73 Å². The molecule has 1 fully saturated rings. The van der Waals surface area contributed by atoms with Gasteiger partial charge in [0.1, 0.15) is 5.69 Å². The number of piperidine rings is 1. The zero-order valence-corrected chi connectivity index (χ0v) is 18.7. The number of halogens is 2. The maximum absolute atomic E-state index is 12.4. The molecule has 28 heavy (non-hydrogen) atoms. The molecule has 1 saturated heterocycles. The molecule has 0 radical (unpaired) electrons. The summed E-state index contributed by atoms with van der Waals surface area (Å²) in [6.07, 6.45) is 4.59. The molecule has 1 aromatic heterocycles. The first-order chi connectivity index (χ1) is 12.7. The van der Waals surface area contributed by atoms with Crippen LogP contribution in [0.15, 0.2) is 29.6 Å². The third kappa shape index (κ3) is 6.71. The van der Waals surface area contributed by atoms with Gasteiger partial charge >= 0.3 is 0 Å². The lowest BCUT2D eigenvalue weighted by molar-refractivity contribution is 0.0946. The van der Waals surface area contributed by atoms with Gasteiger partial charge in [0.15, 0.2) is 0 Å². The highest BCUT2D eigenvalue weighted by Gasteiger charge is 2.19. The van der Waals surface area contributed by atoms with Crippen molar-refractivity contribution >= 4 is 42.1 Å². The van der Waals surface area contributed by atoms with E-state index in [2.05, 4.69) is 40.3 Å². The summed E-state index contributed by atoms with van der Waals surface area (Å²) in [6.45, 7) is 5.50. The fraction of sp³-hybridized carbons (Fsp3) is 0.500. The van der Waals surface area contributed by atoms with Crippen molar-refractivity contribution in [2.75, 3.05) is 13.1 Å². The summed E-state index contributed by atoms with van der Waals surface area (Å²) in [5.41, 5.74) is 8.50. The summed E-state index contributed by atoms with van der Waals surface area (Å²) in [6, 6.07) is 9.01. The largest absolute Gasteiger partial charge is 0.347 e. The first-order valence-corrected chi connectivity index (χ1v) is 10.3. The zero-order chi connectivity index (χ0) is 18.4. The van der Waals surface area contributed by atoms with Crippen LogP contribution in [0, 0.1) is 0 Å². The standard InChI is InChI=1S/C20H28N4OS.2ClH/c1-15-6-4-5-11-24(15)13-17-8-3-2-7-16(17)12-22-20(25)18-14-26-19(23-18)9-10-21;;/h2-3,7-8,14-15H,4-6,9-13,21H2,1H3,(H,22,25);2*1H. The lowest BCUT2D eigenvalue weighted by Gasteiger charge is -2.33. The van der Waals surface area contributed by atoms with Crippen molar-refractivity contribution < 1.29 is 4.79 Å². The molecule has 3 N–H and O–H groups in total. The van der Waals surface area contributed by atoms with E-state index in [-0.39, 0.29) is 30.7 Å². The minimum atomic E-state index is -0.120. The van der Waals surface area contributed by atoms with E-state index in [1.54, 1.807) is 0 Å². The summed E-state index contributed by atoms with van der Waals surface area (Å²) in [7, 11) is 0. The first kappa shape index (κ1) is 24.9. The van der Waals surface area contributed by atoms with Crippen molar-refractivity contribution in [3.8, 4) is 0 Å². The van der Waals surface area contributed by atoms with Crippen LogP contribution in [-0.2, 0) is 19.5 Å². The van der Waals surface area contributed by atoms with Crippen LogP contribution < -0.4 is 11.1 Å². The molecule has 2 heterocycles. The summed E-state index contributed by atoms with van der Waals surface area (Å²) in [5.74, 6) is -0.120. The third-order valence-corrected chi connectivity index (χ3v) is 5.92. The van der Waals surface area contributed by atoms with Gasteiger partial charge in [-0.15, -0.1) is 36.2 Å². The molecule has 1 unspecified atom stereocenters. The number of rotatable bonds is 7. The Morgan fingerprint density at radius 3 is 2.75 bits per heavy atom. The van der Waals surface area contributed by atoms with Gasteiger partial charge < -0.3 is 11.1 Å². The fourth-order valence-electron chi connectivity index (χ4n) is 3.42. The average molecular weight is 445 g/mol. The fourth-order valence-corrected chi connectivity index (χ4v) is 4.21. The second kappa shape index (κ2) is 12.4. The van der Waals surface area contributed by atoms with Crippen molar-refractivity contribution in [2.45, 2.75) is 51.7 Å². The molecule has 1 aliphatic heterocycles. The molecule has 0 bridgehead atoms. The van der Waals surface area contributed by atoms with Crippen molar-refractivity contribution in [3.05, 3.63) is 51.5 Å². The summed E-state index contributed by atoms with van der Waals surface area (Å²) in [5, 5.41) is 5.74. The van der Waals surface area contributed by atoms with Gasteiger partial charge in [-0.05, 0) is 44.0 Å². The number of thiazole rings is 1. The molecule has 3 rings (SSSR count). The SMILES string of the molecule is CC1CCCCN1Cc1ccccc1CNC(=O)c1csc(CCN)n1.Cl.Cl. The van der Waals surface area contributed by atoms with Crippen LogP contribution in [0.4, 0.5) is 0 Å². The van der Waals surface area contributed by atoms with Gasteiger partial charge in [0, 0.05) is 30.9 Å². The normalized spacial score (nSPS) is 16.7. The van der Waals surface area contributed by atoms with Gasteiger partial charge in [0.2, 0.25) is 0 Å². The number of aromatic nitrogens is 1. The number of amides is 1. The van der Waals surface area contributed by atoms with Crippen molar-refractivity contribution in [3.63, 3.8) is 0 Å². The number of nitrogens with one attached hydrogen (secondary N) is 1. The number of hydrogen-bond acceptors (Lipinski definition) is 5. The average Bonchev–Trinajstić information content (AvgIpc) is 3.12. The Labute approximate surface area is 183 Å². The van der Waals surface area contributed by atoms with Gasteiger partial charge in [-0.2, -0.15) is 0 Å². The lowest BCUT2D eigenvalue weighted by Crippen LogP contribution is -2.37. The Morgan fingerprint density at radius 1 is 1.29 bits per heavy atom. The molecule has 1 aromatic carbocycles. The van der Waals surface area contributed by atoms with Crippen LogP contribution >= 0.6 is 36.2 Å². The van der Waals surface area contributed by atoms with E-state index in [1.165, 1.54) is 41.7 Å². The number of hydrogen-bond donors (Lipinski definition) is 2. The number of nitrogens with zero attached hydrogens (tertiary/aromatic N) is 2. The summed E-state index contributed by atoms with van der Waals surface area (Å²) >= 11 is 1.49. The van der Waals surface area contributed by atoms with Gasteiger partial charge in [0.25, 0.3) is 5.91 Å². The maximum Gasteiger partial charge on any atom is 0.271 e. The van der Waals surface area contributed by atoms with Gasteiger partial charge in [-0.3, -0.25) is 9.69 Å². The van der Waals surface area contributed by atoms with E-state index in [0.29, 0.717) is 24.8 Å². The van der Waals surface area contributed by atoms with E-state index in [9.17, 15) is 4.79 Å². The minimum Gasteiger partial charge on any atom is -0.347 e. The van der Waals surface area contributed by atoms with Gasteiger partial charge in [-0.1, -0.05) is 30.7 Å². The zero-order valence-electron chi connectivity index (χ0n) is 16.2. The molecule has 2 aromatic rings. The monoisotopic (exact) mass is 444 g/mol. The van der Waals surface area contributed by atoms with Crippen LogP contribution in [0.25, 0.3) is 0 Å². The molecule has 0 aliphatic carbocycles. The van der Waals surface area contributed by atoms with E-state index >= 15 is 0 Å². The van der Waals surface area contributed by atoms with Gasteiger partial charge in [-0.25, -0.2) is 4.98 Å². The highest BCUT2D eigenvalue weighted by Crippen LogP contribution is 2.21. The number of benzene rings is 1. The van der Waals surface area contributed by atoms with Crippen molar-refractivity contribution in [1.29, 1.82) is 0 Å². The highest BCUT2D eigenvalue weighted by atomic mass is 35.5. The van der Waals surface area contributed by atoms with Crippen LogP contribution in [0.1, 0.15) is 52.8 Å². The third-order valence-electron chi connectivity index (χ3n) is 5.01. The molecule has 0 saturated carbocycles. The minimum absolute atomic E-state index is 0. The van der Waals surface area contributed by atoms with Crippen LogP contribution in [0.3, 0.4) is 0 Å². The van der Waals surface area contributed by atoms with Crippen molar-refractivity contribution in [2.24, 2.45) is 5.73 Å². The molecular weight excluding hydrogens is 415 g/mol. The Hall–Kier alpha value is -1.18. The molecule has 1 amide bonds. The predicted octanol–water partition coefficient (Wildman–Crippen LogP) is 3.79. The number of carbonyl (C=O) groups is 1. The molecule has 8 heteroatoms. The van der Waals surface area contributed by atoms with Crippen LogP contribution in [0.5, 0.6) is 0 Å². The Kier molecular flexibility index (Phi) is 11.0. The van der Waals surface area contributed by atoms with Crippen LogP contribution in [0.2, 0.25) is 0 Å². The summed E-state index contributed by atoms with van der Waals surface area (Å²) < 4.78 is 0. The molecule has 5 nitrogen and oxygen atoms in total. The number of likely N-dealkylation sites (tertiary alicyclic amines) is 1. The molecule has 0 spiro atoms. The molecule has 1 atom stereocenters. The quantitative estimate of drug-likeness (QED) is 0.680. The molecule has 1 aliphatic rings.